The fraction of sp³-hybridized carbons (Fsp3) is 0.133. The first-order valence-corrected chi connectivity index (χ1v) is 15.4. The molecule has 0 aromatic heterocycles. The number of hydrogen-bond donors (Lipinski definition) is 1. The number of hydrazone groups is 1. The van der Waals surface area contributed by atoms with E-state index in [1.807, 2.05) is 44.2 Å². The normalized spacial score (nSPS) is 11.3. The van der Waals surface area contributed by atoms with Crippen molar-refractivity contribution >= 4 is 54.1 Å². The van der Waals surface area contributed by atoms with Gasteiger partial charge < -0.3 is 13.7 Å². The molecule has 0 heterocycles. The van der Waals surface area contributed by atoms with Gasteiger partial charge in [-0.05, 0) is 77.8 Å². The van der Waals surface area contributed by atoms with Crippen molar-refractivity contribution in [2.45, 2.75) is 25.3 Å². The first kappa shape index (κ1) is 30.3. The average molecular weight is 702 g/mol. The summed E-state index contributed by atoms with van der Waals surface area (Å²) in [5.41, 5.74) is 4.98. The predicted molar refractivity (Wildman–Crippen MR) is 164 cm³/mol. The van der Waals surface area contributed by atoms with E-state index in [1.165, 1.54) is 18.3 Å². The first-order valence-electron chi connectivity index (χ1n) is 12.4. The molecule has 11 heteroatoms. The van der Waals surface area contributed by atoms with E-state index in [-0.39, 0.29) is 10.6 Å². The number of nitrogens with one attached hydrogen (secondary N) is 1. The van der Waals surface area contributed by atoms with Gasteiger partial charge in [0, 0.05) is 15.6 Å². The molecule has 0 aliphatic carbocycles. The van der Waals surface area contributed by atoms with Crippen molar-refractivity contribution in [1.82, 2.24) is 5.43 Å². The highest BCUT2D eigenvalue weighted by Crippen LogP contribution is 2.34. The van der Waals surface area contributed by atoms with Gasteiger partial charge in [0.1, 0.15) is 11.5 Å². The maximum atomic E-state index is 12.9. The Kier molecular flexibility index (Phi) is 10.2. The number of halogens is 2. The third-order valence-electron chi connectivity index (χ3n) is 5.65. The lowest BCUT2D eigenvalue weighted by Crippen LogP contribution is -2.18. The van der Waals surface area contributed by atoms with E-state index in [0.29, 0.717) is 44.8 Å². The first-order chi connectivity index (χ1) is 19.7. The van der Waals surface area contributed by atoms with Crippen LogP contribution in [0.1, 0.15) is 34.0 Å². The standard InChI is InChI=1S/C30H26Br2N2O6S/c1-3-38-28-16-22(11-14-27(28)39-19-21-7-5-4-6-8-21)30(35)34-33-18-23-15-24(31)17-26(32)29(23)40-41(36,37)25-12-9-20(2)10-13-25/h4-18H,3,19H2,1-2H3,(H,34,35)/b33-18+. The Labute approximate surface area is 255 Å². The van der Waals surface area contributed by atoms with E-state index < -0.39 is 16.0 Å². The Hall–Kier alpha value is -3.67. The number of rotatable bonds is 11. The molecule has 0 aliphatic rings. The van der Waals surface area contributed by atoms with Crippen LogP contribution in [0.15, 0.2) is 104 Å². The van der Waals surface area contributed by atoms with Gasteiger partial charge in [0.15, 0.2) is 17.2 Å². The summed E-state index contributed by atoms with van der Waals surface area (Å²) in [5, 5.41) is 4.04. The number of carbonyl (C=O) groups excluding carboxylic acids is 1. The van der Waals surface area contributed by atoms with Crippen LogP contribution in [0.5, 0.6) is 17.2 Å². The Balaban J connectivity index is 1.50. The molecule has 0 fully saturated rings. The van der Waals surface area contributed by atoms with Gasteiger partial charge in [-0.15, -0.1) is 0 Å². The van der Waals surface area contributed by atoms with E-state index >= 15 is 0 Å². The Morgan fingerprint density at radius 1 is 0.927 bits per heavy atom. The van der Waals surface area contributed by atoms with Crippen LogP contribution in [0.3, 0.4) is 0 Å². The molecule has 0 unspecified atom stereocenters. The lowest BCUT2D eigenvalue weighted by atomic mass is 10.2. The molecule has 0 radical (unpaired) electrons. The molecule has 0 atom stereocenters. The Morgan fingerprint density at radius 2 is 1.66 bits per heavy atom. The van der Waals surface area contributed by atoms with Crippen LogP contribution in [-0.4, -0.2) is 27.1 Å². The minimum atomic E-state index is -4.13. The van der Waals surface area contributed by atoms with E-state index in [0.717, 1.165) is 11.1 Å². The minimum Gasteiger partial charge on any atom is -0.490 e. The summed E-state index contributed by atoms with van der Waals surface area (Å²) in [6.07, 6.45) is 1.30. The zero-order valence-corrected chi connectivity index (χ0v) is 26.1. The minimum absolute atomic E-state index is 0.00964. The van der Waals surface area contributed by atoms with E-state index in [4.69, 9.17) is 13.7 Å². The van der Waals surface area contributed by atoms with Crippen molar-refractivity contribution in [3.63, 3.8) is 0 Å². The van der Waals surface area contributed by atoms with Crippen molar-refractivity contribution in [3.8, 4) is 17.2 Å². The van der Waals surface area contributed by atoms with Crippen molar-refractivity contribution < 1.29 is 26.9 Å². The number of carbonyl (C=O) groups is 1. The van der Waals surface area contributed by atoms with Gasteiger partial charge in [-0.3, -0.25) is 4.79 Å². The van der Waals surface area contributed by atoms with Crippen molar-refractivity contribution in [3.05, 3.63) is 116 Å². The summed E-state index contributed by atoms with van der Waals surface area (Å²) in [5.74, 6) is 0.449. The van der Waals surface area contributed by atoms with Crippen molar-refractivity contribution in [2.75, 3.05) is 6.61 Å². The summed E-state index contributed by atoms with van der Waals surface area (Å²) in [6, 6.07) is 24.1. The summed E-state index contributed by atoms with van der Waals surface area (Å²) in [4.78, 5) is 12.9. The van der Waals surface area contributed by atoms with Gasteiger partial charge in [-0.1, -0.05) is 64.0 Å². The third kappa shape index (κ3) is 8.18. The second-order valence-corrected chi connectivity index (χ2v) is 12.0. The third-order valence-corrected chi connectivity index (χ3v) is 7.93. The summed E-state index contributed by atoms with van der Waals surface area (Å²) < 4.78 is 43.9. The van der Waals surface area contributed by atoms with Crippen molar-refractivity contribution in [1.29, 1.82) is 0 Å². The molecule has 8 nitrogen and oxygen atoms in total. The quantitative estimate of drug-likeness (QED) is 0.102. The zero-order valence-electron chi connectivity index (χ0n) is 22.1. The van der Waals surface area contributed by atoms with Crippen LogP contribution in [0.2, 0.25) is 0 Å². The van der Waals surface area contributed by atoms with Crippen LogP contribution in [0, 0.1) is 6.92 Å². The molecule has 4 aromatic carbocycles. The van der Waals surface area contributed by atoms with Crippen LogP contribution in [0.25, 0.3) is 0 Å². The van der Waals surface area contributed by atoms with Gasteiger partial charge in [-0.25, -0.2) is 5.43 Å². The second-order valence-electron chi connectivity index (χ2n) is 8.72. The smallest absolute Gasteiger partial charge is 0.339 e. The Bertz CT molecular complexity index is 1660. The summed E-state index contributed by atoms with van der Waals surface area (Å²) in [7, 11) is -4.13. The van der Waals surface area contributed by atoms with E-state index in [2.05, 4.69) is 42.4 Å². The van der Waals surface area contributed by atoms with Gasteiger partial charge in [0.2, 0.25) is 0 Å². The molecule has 0 saturated carbocycles. The number of amides is 1. The molecule has 1 amide bonds. The highest BCUT2D eigenvalue weighted by atomic mass is 79.9. The molecule has 4 rings (SSSR count). The monoisotopic (exact) mass is 700 g/mol. The Morgan fingerprint density at radius 3 is 2.37 bits per heavy atom. The fourth-order valence-corrected chi connectivity index (χ4v) is 6.04. The lowest BCUT2D eigenvalue weighted by molar-refractivity contribution is 0.0954. The maximum absolute atomic E-state index is 12.9. The molecule has 0 saturated heterocycles. The largest absolute Gasteiger partial charge is 0.490 e. The molecular weight excluding hydrogens is 676 g/mol. The molecule has 0 aliphatic heterocycles. The number of nitrogens with zero attached hydrogens (tertiary/aromatic N) is 1. The lowest BCUT2D eigenvalue weighted by Gasteiger charge is -2.13. The van der Waals surface area contributed by atoms with Crippen LogP contribution >= 0.6 is 31.9 Å². The zero-order chi connectivity index (χ0) is 29.4. The number of benzene rings is 4. The SMILES string of the molecule is CCOc1cc(C(=O)N/N=C/c2cc(Br)cc(Br)c2OS(=O)(=O)c2ccc(C)cc2)ccc1OCc1ccccc1. The average Bonchev–Trinajstić information content (AvgIpc) is 2.95. The molecule has 41 heavy (non-hydrogen) atoms. The second kappa shape index (κ2) is 13.8. The van der Waals surface area contributed by atoms with Crippen LogP contribution < -0.4 is 19.1 Å². The molecule has 212 valence electrons. The van der Waals surface area contributed by atoms with Crippen LogP contribution in [-0.2, 0) is 16.7 Å². The van der Waals surface area contributed by atoms with E-state index in [9.17, 15) is 13.2 Å². The number of aryl methyl sites for hydroxylation is 1. The van der Waals surface area contributed by atoms with Gasteiger partial charge in [-0.2, -0.15) is 13.5 Å². The summed E-state index contributed by atoms with van der Waals surface area (Å²) in [6.45, 7) is 4.43. The van der Waals surface area contributed by atoms with E-state index in [1.54, 1.807) is 42.5 Å². The van der Waals surface area contributed by atoms with Gasteiger partial charge in [0.25, 0.3) is 5.91 Å². The molecule has 4 aromatic rings. The molecule has 0 spiro atoms. The fourth-order valence-electron chi connectivity index (χ4n) is 3.62. The van der Waals surface area contributed by atoms with Crippen LogP contribution in [0.4, 0.5) is 0 Å². The maximum Gasteiger partial charge on any atom is 0.339 e. The molecular formula is C30H26Br2N2O6S. The highest BCUT2D eigenvalue weighted by molar-refractivity contribution is 9.11. The molecule has 0 bridgehead atoms. The molecule has 1 N–H and O–H groups in total. The van der Waals surface area contributed by atoms with Crippen molar-refractivity contribution in [2.24, 2.45) is 5.10 Å². The van der Waals surface area contributed by atoms with Gasteiger partial charge in [0.05, 0.1) is 17.3 Å². The number of hydrogen-bond acceptors (Lipinski definition) is 7. The number of ether oxygens (including phenoxy) is 2. The summed E-state index contributed by atoms with van der Waals surface area (Å²) >= 11 is 6.74. The predicted octanol–water partition coefficient (Wildman–Crippen LogP) is 7.03. The van der Waals surface area contributed by atoms with Gasteiger partial charge >= 0.3 is 10.1 Å². The highest BCUT2D eigenvalue weighted by Gasteiger charge is 2.21. The topological polar surface area (TPSA) is 103 Å².